The highest BCUT2D eigenvalue weighted by Crippen LogP contribution is 2.20. The van der Waals surface area contributed by atoms with Crippen LogP contribution < -0.4 is 15.4 Å². The van der Waals surface area contributed by atoms with Gasteiger partial charge in [0.05, 0.1) is 18.6 Å². The fourth-order valence-corrected chi connectivity index (χ4v) is 3.35. The van der Waals surface area contributed by atoms with Crippen LogP contribution in [0.5, 0.6) is 5.75 Å². The summed E-state index contributed by atoms with van der Waals surface area (Å²) in [4.78, 5) is 27.7. The number of benzene rings is 1. The monoisotopic (exact) mass is 399 g/mol. The predicted octanol–water partition coefficient (Wildman–Crippen LogP) is 3.59. The van der Waals surface area contributed by atoms with E-state index in [1.54, 1.807) is 38.3 Å². The Morgan fingerprint density at radius 2 is 2.04 bits per heavy atom. The van der Waals surface area contributed by atoms with E-state index in [0.717, 1.165) is 17.1 Å². The molecule has 6 nitrogen and oxygen atoms in total. The lowest BCUT2D eigenvalue weighted by molar-refractivity contribution is -0.115. The van der Waals surface area contributed by atoms with Gasteiger partial charge in [0.15, 0.2) is 5.13 Å². The van der Waals surface area contributed by atoms with Gasteiger partial charge in [0, 0.05) is 16.8 Å². The van der Waals surface area contributed by atoms with Crippen molar-refractivity contribution in [2.45, 2.75) is 18.1 Å². The van der Waals surface area contributed by atoms with Crippen molar-refractivity contribution in [1.29, 1.82) is 0 Å². The standard InChI is InChI=1S/C16H18ClN3O3S2/c1-10(17)15(22)20-16-19-12(8-25-16)7-24-9-14(21)18-11-3-5-13(23-2)6-4-11/h3-6,8,10H,7,9H2,1-2H3,(H,18,21)(H,19,20,22). The van der Waals surface area contributed by atoms with Crippen molar-refractivity contribution in [2.24, 2.45) is 0 Å². The maximum Gasteiger partial charge on any atom is 0.243 e. The Balaban J connectivity index is 1.73. The van der Waals surface area contributed by atoms with Gasteiger partial charge in [0.25, 0.3) is 0 Å². The Hall–Kier alpha value is -1.77. The van der Waals surface area contributed by atoms with Crippen molar-refractivity contribution in [3.8, 4) is 5.75 Å². The number of rotatable bonds is 8. The Labute approximate surface area is 159 Å². The molecule has 0 aliphatic heterocycles. The number of alkyl halides is 1. The number of halogens is 1. The van der Waals surface area contributed by atoms with E-state index in [1.807, 2.05) is 5.38 Å². The largest absolute Gasteiger partial charge is 0.497 e. The molecule has 0 bridgehead atoms. The molecule has 1 unspecified atom stereocenters. The molecule has 0 fully saturated rings. The molecule has 1 atom stereocenters. The molecule has 2 amide bonds. The zero-order valence-corrected chi connectivity index (χ0v) is 16.1. The van der Waals surface area contributed by atoms with E-state index in [1.165, 1.54) is 23.1 Å². The van der Waals surface area contributed by atoms with E-state index < -0.39 is 5.38 Å². The Morgan fingerprint density at radius 3 is 2.68 bits per heavy atom. The Bertz CT molecular complexity index is 720. The van der Waals surface area contributed by atoms with Gasteiger partial charge in [-0.3, -0.25) is 9.59 Å². The predicted molar refractivity (Wildman–Crippen MR) is 104 cm³/mol. The summed E-state index contributed by atoms with van der Waals surface area (Å²) in [7, 11) is 1.59. The van der Waals surface area contributed by atoms with Crippen LogP contribution >= 0.6 is 34.7 Å². The van der Waals surface area contributed by atoms with Crippen LogP contribution in [-0.4, -0.2) is 35.0 Å². The molecule has 0 spiro atoms. The lowest BCUT2D eigenvalue weighted by Crippen LogP contribution is -2.20. The number of anilines is 2. The van der Waals surface area contributed by atoms with Gasteiger partial charge < -0.3 is 15.4 Å². The third kappa shape index (κ3) is 6.56. The third-order valence-corrected chi connectivity index (χ3v) is 4.97. The van der Waals surface area contributed by atoms with Crippen molar-refractivity contribution >= 4 is 57.3 Å². The van der Waals surface area contributed by atoms with Crippen LogP contribution in [-0.2, 0) is 15.3 Å². The number of ether oxygens (including phenoxy) is 1. The van der Waals surface area contributed by atoms with Crippen molar-refractivity contribution in [3.63, 3.8) is 0 Å². The van der Waals surface area contributed by atoms with Gasteiger partial charge in [0.1, 0.15) is 11.1 Å². The van der Waals surface area contributed by atoms with Gasteiger partial charge in [0.2, 0.25) is 11.8 Å². The molecular formula is C16H18ClN3O3S2. The van der Waals surface area contributed by atoms with Gasteiger partial charge in [-0.2, -0.15) is 0 Å². The summed E-state index contributed by atoms with van der Waals surface area (Å²) in [5, 5.41) is 7.21. The SMILES string of the molecule is COc1ccc(NC(=O)CSCc2csc(NC(=O)C(C)Cl)n2)cc1. The number of carbonyl (C=O) groups is 2. The molecule has 0 aliphatic rings. The molecule has 1 heterocycles. The topological polar surface area (TPSA) is 80.3 Å². The molecule has 0 aliphatic carbocycles. The highest BCUT2D eigenvalue weighted by molar-refractivity contribution is 7.99. The number of nitrogens with one attached hydrogen (secondary N) is 2. The minimum absolute atomic E-state index is 0.0881. The van der Waals surface area contributed by atoms with Crippen LogP contribution in [0.25, 0.3) is 0 Å². The number of thioether (sulfide) groups is 1. The fraction of sp³-hybridized carbons (Fsp3) is 0.312. The van der Waals surface area contributed by atoms with E-state index >= 15 is 0 Å². The molecule has 0 saturated carbocycles. The minimum atomic E-state index is -0.608. The summed E-state index contributed by atoms with van der Waals surface area (Å²) in [6.45, 7) is 1.60. The summed E-state index contributed by atoms with van der Waals surface area (Å²) in [5.74, 6) is 1.26. The van der Waals surface area contributed by atoms with E-state index in [-0.39, 0.29) is 11.8 Å². The average Bonchev–Trinajstić information content (AvgIpc) is 3.02. The lowest BCUT2D eigenvalue weighted by atomic mass is 10.3. The summed E-state index contributed by atoms with van der Waals surface area (Å²) >= 11 is 8.48. The first-order valence-electron chi connectivity index (χ1n) is 7.39. The molecule has 0 radical (unpaired) electrons. The van der Waals surface area contributed by atoms with Crippen LogP contribution in [0, 0.1) is 0 Å². The highest BCUT2D eigenvalue weighted by atomic mass is 35.5. The third-order valence-electron chi connectivity index (χ3n) is 3.00. The Morgan fingerprint density at radius 1 is 1.32 bits per heavy atom. The maximum atomic E-state index is 11.9. The van der Waals surface area contributed by atoms with Crippen molar-refractivity contribution < 1.29 is 14.3 Å². The summed E-state index contributed by atoms with van der Waals surface area (Å²) < 4.78 is 5.07. The number of hydrogen-bond donors (Lipinski definition) is 2. The van der Waals surface area contributed by atoms with Gasteiger partial charge >= 0.3 is 0 Å². The average molecular weight is 400 g/mol. The first-order valence-corrected chi connectivity index (χ1v) is 9.86. The van der Waals surface area contributed by atoms with Crippen LogP contribution in [0.1, 0.15) is 12.6 Å². The smallest absolute Gasteiger partial charge is 0.243 e. The van der Waals surface area contributed by atoms with Gasteiger partial charge in [-0.25, -0.2) is 4.98 Å². The second kappa shape index (κ2) is 9.65. The quantitative estimate of drug-likeness (QED) is 0.663. The van der Waals surface area contributed by atoms with Gasteiger partial charge in [-0.1, -0.05) is 0 Å². The fourth-order valence-electron chi connectivity index (χ4n) is 1.76. The molecular weight excluding hydrogens is 382 g/mol. The molecule has 1 aromatic heterocycles. The lowest BCUT2D eigenvalue weighted by Gasteiger charge is -2.06. The Kier molecular flexibility index (Phi) is 7.54. The summed E-state index contributed by atoms with van der Waals surface area (Å²) in [6, 6.07) is 7.15. The zero-order chi connectivity index (χ0) is 18.2. The number of carbonyl (C=O) groups excluding carboxylic acids is 2. The molecule has 134 valence electrons. The molecule has 2 rings (SSSR count). The number of aromatic nitrogens is 1. The van der Waals surface area contributed by atoms with E-state index in [2.05, 4.69) is 15.6 Å². The molecule has 2 aromatic rings. The second-order valence-corrected chi connectivity index (χ2v) is 7.52. The first-order chi connectivity index (χ1) is 12.0. The molecule has 25 heavy (non-hydrogen) atoms. The van der Waals surface area contributed by atoms with Crippen molar-refractivity contribution in [2.75, 3.05) is 23.5 Å². The highest BCUT2D eigenvalue weighted by Gasteiger charge is 2.12. The summed E-state index contributed by atoms with van der Waals surface area (Å²) in [5.41, 5.74) is 1.53. The van der Waals surface area contributed by atoms with E-state index in [4.69, 9.17) is 16.3 Å². The molecule has 2 N–H and O–H groups in total. The van der Waals surface area contributed by atoms with E-state index in [9.17, 15) is 9.59 Å². The van der Waals surface area contributed by atoms with Gasteiger partial charge in [-0.15, -0.1) is 34.7 Å². The zero-order valence-electron chi connectivity index (χ0n) is 13.7. The number of amides is 2. The molecule has 0 saturated heterocycles. The molecule has 9 heteroatoms. The van der Waals surface area contributed by atoms with Crippen LogP contribution in [0.15, 0.2) is 29.6 Å². The number of hydrogen-bond acceptors (Lipinski definition) is 6. The van der Waals surface area contributed by atoms with E-state index in [0.29, 0.717) is 16.6 Å². The summed E-state index contributed by atoms with van der Waals surface area (Å²) in [6.07, 6.45) is 0. The number of nitrogens with zero attached hydrogens (tertiary/aromatic N) is 1. The van der Waals surface area contributed by atoms with Crippen LogP contribution in [0.3, 0.4) is 0 Å². The van der Waals surface area contributed by atoms with Crippen LogP contribution in [0.2, 0.25) is 0 Å². The number of methoxy groups -OCH3 is 1. The second-order valence-electron chi connectivity index (χ2n) is 5.02. The maximum absolute atomic E-state index is 11.9. The first kappa shape index (κ1) is 19.6. The van der Waals surface area contributed by atoms with Crippen molar-refractivity contribution in [1.82, 2.24) is 4.98 Å². The minimum Gasteiger partial charge on any atom is -0.497 e. The van der Waals surface area contributed by atoms with Gasteiger partial charge in [-0.05, 0) is 31.2 Å². The number of thiazole rings is 1. The van der Waals surface area contributed by atoms with Crippen LogP contribution in [0.4, 0.5) is 10.8 Å². The molecule has 1 aromatic carbocycles. The van der Waals surface area contributed by atoms with Crippen molar-refractivity contribution in [3.05, 3.63) is 35.3 Å². The normalized spacial score (nSPS) is 11.6.